The molecule has 3 heteroatoms. The molecule has 0 aliphatic heterocycles. The first kappa shape index (κ1) is 13.6. The highest BCUT2D eigenvalue weighted by atomic mass is 16.5. The predicted molar refractivity (Wildman–Crippen MR) is 59.6 cm³/mol. The van der Waals surface area contributed by atoms with Crippen LogP contribution in [0.4, 0.5) is 0 Å². The van der Waals surface area contributed by atoms with Crippen molar-refractivity contribution >= 4 is 0 Å². The van der Waals surface area contributed by atoms with E-state index in [4.69, 9.17) is 9.47 Å². The van der Waals surface area contributed by atoms with Crippen molar-refractivity contribution in [1.29, 1.82) is 0 Å². The number of ether oxygens (including phenoxy) is 2. The van der Waals surface area contributed by atoms with Crippen LogP contribution >= 0.6 is 0 Å². The van der Waals surface area contributed by atoms with Crippen LogP contribution in [-0.4, -0.2) is 39.5 Å². The Bertz CT molecular complexity index is 126. The van der Waals surface area contributed by atoms with Crippen LogP contribution in [-0.2, 0) is 9.47 Å². The Balaban J connectivity index is 2.85. The Morgan fingerprint density at radius 1 is 1.14 bits per heavy atom. The maximum absolute atomic E-state index is 5.32. The molecule has 0 heterocycles. The highest BCUT2D eigenvalue weighted by Crippen LogP contribution is 1.80. The van der Waals surface area contributed by atoms with E-state index < -0.39 is 0 Å². The van der Waals surface area contributed by atoms with Gasteiger partial charge in [-0.05, 0) is 26.8 Å². The molecule has 14 heavy (non-hydrogen) atoms. The van der Waals surface area contributed by atoms with Gasteiger partial charge in [0.2, 0.25) is 0 Å². The zero-order valence-electron chi connectivity index (χ0n) is 9.42. The smallest absolute Gasteiger partial charge is 0.0647 e. The number of hydrogen-bond acceptors (Lipinski definition) is 3. The highest BCUT2D eigenvalue weighted by molar-refractivity contribution is 4.75. The molecule has 0 amide bonds. The average Bonchev–Trinajstić information content (AvgIpc) is 2.21. The zero-order chi connectivity index (χ0) is 10.5. The van der Waals surface area contributed by atoms with E-state index in [2.05, 4.69) is 5.32 Å². The fourth-order valence-electron chi connectivity index (χ4n) is 0.961. The molecule has 0 saturated heterocycles. The van der Waals surface area contributed by atoms with Crippen LogP contribution in [0.15, 0.2) is 12.2 Å². The molecule has 0 aromatic heterocycles. The monoisotopic (exact) mass is 201 g/mol. The largest absolute Gasteiger partial charge is 0.382 e. The summed E-state index contributed by atoms with van der Waals surface area (Å²) in [7, 11) is 0. The van der Waals surface area contributed by atoms with Crippen LogP contribution < -0.4 is 5.32 Å². The van der Waals surface area contributed by atoms with E-state index >= 15 is 0 Å². The molecule has 0 atom stereocenters. The maximum Gasteiger partial charge on any atom is 0.0647 e. The summed E-state index contributed by atoms with van der Waals surface area (Å²) in [4.78, 5) is 0. The minimum Gasteiger partial charge on any atom is -0.382 e. The molecule has 0 aliphatic carbocycles. The van der Waals surface area contributed by atoms with Crippen molar-refractivity contribution in [2.24, 2.45) is 0 Å². The van der Waals surface area contributed by atoms with E-state index in [1.54, 1.807) is 0 Å². The lowest BCUT2D eigenvalue weighted by molar-refractivity contribution is 0.141. The van der Waals surface area contributed by atoms with Gasteiger partial charge in [-0.2, -0.15) is 0 Å². The maximum atomic E-state index is 5.32. The van der Waals surface area contributed by atoms with Gasteiger partial charge in [0.25, 0.3) is 0 Å². The summed E-state index contributed by atoms with van der Waals surface area (Å²) in [6.45, 7) is 9.10. The standard InChI is InChI=1S/C11H23NO2/c1-3-5-9-14-11-8-12-7-6-10-13-4-2/h3,5,12H,4,6-11H2,1-2H3. The molecule has 0 aliphatic rings. The lowest BCUT2D eigenvalue weighted by Crippen LogP contribution is -2.21. The molecule has 0 saturated carbocycles. The second kappa shape index (κ2) is 12.6. The van der Waals surface area contributed by atoms with Crippen LogP contribution in [0.3, 0.4) is 0 Å². The molecule has 3 nitrogen and oxygen atoms in total. The molecular formula is C11H23NO2. The first-order valence-electron chi connectivity index (χ1n) is 5.39. The van der Waals surface area contributed by atoms with Crippen molar-refractivity contribution in [3.05, 3.63) is 12.2 Å². The molecule has 0 fully saturated rings. The van der Waals surface area contributed by atoms with Crippen molar-refractivity contribution in [2.75, 3.05) is 39.5 Å². The van der Waals surface area contributed by atoms with Gasteiger partial charge >= 0.3 is 0 Å². The van der Waals surface area contributed by atoms with Crippen LogP contribution in [0.2, 0.25) is 0 Å². The summed E-state index contributed by atoms with van der Waals surface area (Å²) in [5.74, 6) is 0. The van der Waals surface area contributed by atoms with Crippen LogP contribution in [0, 0.1) is 0 Å². The van der Waals surface area contributed by atoms with Crippen molar-refractivity contribution in [3.8, 4) is 0 Å². The Kier molecular flexibility index (Phi) is 12.3. The van der Waals surface area contributed by atoms with Crippen molar-refractivity contribution in [1.82, 2.24) is 5.32 Å². The summed E-state index contributed by atoms with van der Waals surface area (Å²) in [5.41, 5.74) is 0. The summed E-state index contributed by atoms with van der Waals surface area (Å²) >= 11 is 0. The van der Waals surface area contributed by atoms with Crippen molar-refractivity contribution in [3.63, 3.8) is 0 Å². The normalized spacial score (nSPS) is 11.3. The number of nitrogens with one attached hydrogen (secondary N) is 1. The molecule has 0 radical (unpaired) electrons. The Hall–Kier alpha value is -0.380. The van der Waals surface area contributed by atoms with E-state index in [-0.39, 0.29) is 0 Å². The minimum absolute atomic E-state index is 0.719. The quantitative estimate of drug-likeness (QED) is 0.430. The Morgan fingerprint density at radius 2 is 2.00 bits per heavy atom. The van der Waals surface area contributed by atoms with E-state index in [9.17, 15) is 0 Å². The molecular weight excluding hydrogens is 178 g/mol. The van der Waals surface area contributed by atoms with Gasteiger partial charge in [0.05, 0.1) is 13.2 Å². The van der Waals surface area contributed by atoms with Crippen LogP contribution in [0.1, 0.15) is 20.3 Å². The zero-order valence-corrected chi connectivity index (χ0v) is 9.42. The van der Waals surface area contributed by atoms with E-state index in [1.807, 2.05) is 26.0 Å². The molecule has 1 N–H and O–H groups in total. The molecule has 0 aromatic carbocycles. The third kappa shape index (κ3) is 11.6. The second-order valence-corrected chi connectivity index (χ2v) is 2.94. The first-order valence-corrected chi connectivity index (χ1v) is 5.39. The van der Waals surface area contributed by atoms with Gasteiger partial charge in [0.1, 0.15) is 0 Å². The predicted octanol–water partition coefficient (Wildman–Crippen LogP) is 1.60. The first-order chi connectivity index (χ1) is 6.91. The summed E-state index contributed by atoms with van der Waals surface area (Å²) < 4.78 is 10.5. The molecule has 0 spiro atoms. The van der Waals surface area contributed by atoms with Gasteiger partial charge in [-0.1, -0.05) is 12.2 Å². The lowest BCUT2D eigenvalue weighted by atomic mass is 10.4. The summed E-state index contributed by atoms with van der Waals surface area (Å²) in [6.07, 6.45) is 5.08. The summed E-state index contributed by atoms with van der Waals surface area (Å²) in [6, 6.07) is 0. The third-order valence-electron chi connectivity index (χ3n) is 1.72. The molecule has 84 valence electrons. The third-order valence-corrected chi connectivity index (χ3v) is 1.72. The SMILES string of the molecule is CC=CCOCCNCCCOCC. The fourth-order valence-corrected chi connectivity index (χ4v) is 0.961. The topological polar surface area (TPSA) is 30.5 Å². The van der Waals surface area contributed by atoms with E-state index in [0.717, 1.165) is 45.9 Å². The molecule has 0 unspecified atom stereocenters. The van der Waals surface area contributed by atoms with E-state index in [1.165, 1.54) is 0 Å². The molecule has 0 rings (SSSR count). The van der Waals surface area contributed by atoms with Gasteiger partial charge in [0, 0.05) is 19.8 Å². The number of rotatable bonds is 10. The number of hydrogen-bond donors (Lipinski definition) is 1. The highest BCUT2D eigenvalue weighted by Gasteiger charge is 1.88. The Morgan fingerprint density at radius 3 is 2.71 bits per heavy atom. The van der Waals surface area contributed by atoms with Crippen molar-refractivity contribution < 1.29 is 9.47 Å². The van der Waals surface area contributed by atoms with Gasteiger partial charge in [-0.25, -0.2) is 0 Å². The molecule has 0 aromatic rings. The van der Waals surface area contributed by atoms with Crippen LogP contribution in [0.25, 0.3) is 0 Å². The van der Waals surface area contributed by atoms with Gasteiger partial charge < -0.3 is 14.8 Å². The van der Waals surface area contributed by atoms with Crippen LogP contribution in [0.5, 0.6) is 0 Å². The molecule has 0 bridgehead atoms. The number of allylic oxidation sites excluding steroid dienone is 1. The minimum atomic E-state index is 0.719. The fraction of sp³-hybridized carbons (Fsp3) is 0.818. The van der Waals surface area contributed by atoms with Crippen molar-refractivity contribution in [2.45, 2.75) is 20.3 Å². The van der Waals surface area contributed by atoms with Gasteiger partial charge in [-0.3, -0.25) is 0 Å². The lowest BCUT2D eigenvalue weighted by Gasteiger charge is -2.04. The van der Waals surface area contributed by atoms with Gasteiger partial charge in [-0.15, -0.1) is 0 Å². The Labute approximate surface area is 87.5 Å². The summed E-state index contributed by atoms with van der Waals surface area (Å²) in [5, 5.41) is 3.29. The van der Waals surface area contributed by atoms with Gasteiger partial charge in [0.15, 0.2) is 0 Å². The second-order valence-electron chi connectivity index (χ2n) is 2.94. The van der Waals surface area contributed by atoms with E-state index in [0.29, 0.717) is 0 Å². The average molecular weight is 201 g/mol.